The lowest BCUT2D eigenvalue weighted by Crippen LogP contribution is -2.29. The molecule has 0 saturated carbocycles. The summed E-state index contributed by atoms with van der Waals surface area (Å²) in [6.07, 6.45) is 0. The van der Waals surface area contributed by atoms with Crippen LogP contribution in [-0.4, -0.2) is 10.9 Å². The standard InChI is InChI=1S/C15H11ClFN3O/c16-10-2-1-9-7-14(18-13(9)8-10)15(21)20-19-12-5-3-11(17)4-6-12/h1-8,18-19H,(H,20,21). The molecule has 0 atom stereocenters. The van der Waals surface area contributed by atoms with Gasteiger partial charge in [-0.1, -0.05) is 17.7 Å². The smallest absolute Gasteiger partial charge is 0.286 e. The van der Waals surface area contributed by atoms with Crippen LogP contribution in [-0.2, 0) is 0 Å². The van der Waals surface area contributed by atoms with Crippen molar-refractivity contribution in [1.82, 2.24) is 10.4 Å². The highest BCUT2D eigenvalue weighted by Crippen LogP contribution is 2.19. The van der Waals surface area contributed by atoms with Gasteiger partial charge in [0.05, 0.1) is 5.69 Å². The van der Waals surface area contributed by atoms with Gasteiger partial charge in [-0.3, -0.25) is 15.6 Å². The first-order valence-corrected chi connectivity index (χ1v) is 6.60. The van der Waals surface area contributed by atoms with Crippen molar-refractivity contribution in [1.29, 1.82) is 0 Å². The molecule has 0 saturated heterocycles. The molecule has 2 aromatic carbocycles. The van der Waals surface area contributed by atoms with Gasteiger partial charge in [0, 0.05) is 15.9 Å². The molecule has 6 heteroatoms. The molecule has 0 fully saturated rings. The van der Waals surface area contributed by atoms with E-state index in [-0.39, 0.29) is 11.7 Å². The van der Waals surface area contributed by atoms with Crippen LogP contribution in [0.15, 0.2) is 48.5 Å². The van der Waals surface area contributed by atoms with Crippen LogP contribution in [0.1, 0.15) is 10.5 Å². The highest BCUT2D eigenvalue weighted by molar-refractivity contribution is 6.31. The fourth-order valence-electron chi connectivity index (χ4n) is 1.95. The predicted octanol–water partition coefficient (Wildman–Crippen LogP) is 3.72. The van der Waals surface area contributed by atoms with Gasteiger partial charge in [0.1, 0.15) is 11.5 Å². The summed E-state index contributed by atoms with van der Waals surface area (Å²) in [6, 6.07) is 12.7. The van der Waals surface area contributed by atoms with E-state index in [0.717, 1.165) is 10.9 Å². The maximum Gasteiger partial charge on any atom is 0.286 e. The predicted molar refractivity (Wildman–Crippen MR) is 80.8 cm³/mol. The molecule has 0 aliphatic heterocycles. The molecule has 0 radical (unpaired) electrons. The first kappa shape index (κ1) is 13.5. The number of halogens is 2. The monoisotopic (exact) mass is 303 g/mol. The molecule has 3 aromatic rings. The zero-order valence-corrected chi connectivity index (χ0v) is 11.5. The second kappa shape index (κ2) is 5.46. The van der Waals surface area contributed by atoms with E-state index in [4.69, 9.17) is 11.6 Å². The number of carbonyl (C=O) groups is 1. The number of H-pyrrole nitrogens is 1. The number of carbonyl (C=O) groups excluding carboxylic acids is 1. The van der Waals surface area contributed by atoms with Crippen molar-refractivity contribution in [2.45, 2.75) is 0 Å². The lowest BCUT2D eigenvalue weighted by Gasteiger charge is -2.07. The Labute approximate surface area is 124 Å². The Morgan fingerprint density at radius 3 is 2.62 bits per heavy atom. The molecule has 0 aliphatic carbocycles. The molecule has 106 valence electrons. The van der Waals surface area contributed by atoms with Crippen molar-refractivity contribution in [2.75, 3.05) is 5.43 Å². The Bertz CT molecular complexity index is 798. The lowest BCUT2D eigenvalue weighted by atomic mass is 10.2. The maximum atomic E-state index is 12.8. The summed E-state index contributed by atoms with van der Waals surface area (Å²) in [6.45, 7) is 0. The minimum absolute atomic E-state index is 0.327. The van der Waals surface area contributed by atoms with Crippen LogP contribution < -0.4 is 10.9 Å². The number of amides is 1. The summed E-state index contributed by atoms with van der Waals surface area (Å²) < 4.78 is 12.8. The number of benzene rings is 2. The van der Waals surface area contributed by atoms with Gasteiger partial charge < -0.3 is 4.98 Å². The second-order valence-corrected chi connectivity index (χ2v) is 4.94. The molecule has 4 nitrogen and oxygen atoms in total. The number of nitrogens with one attached hydrogen (secondary N) is 3. The lowest BCUT2D eigenvalue weighted by molar-refractivity contribution is 0.0958. The van der Waals surface area contributed by atoms with Gasteiger partial charge in [0.2, 0.25) is 0 Å². The number of hydrazine groups is 1. The van der Waals surface area contributed by atoms with Crippen LogP contribution >= 0.6 is 11.6 Å². The van der Waals surface area contributed by atoms with E-state index in [1.165, 1.54) is 24.3 Å². The molecule has 1 amide bonds. The van der Waals surface area contributed by atoms with Crippen molar-refractivity contribution in [2.24, 2.45) is 0 Å². The van der Waals surface area contributed by atoms with Gasteiger partial charge in [-0.15, -0.1) is 0 Å². The number of hydrogen-bond donors (Lipinski definition) is 3. The van der Waals surface area contributed by atoms with Crippen LogP contribution in [0.4, 0.5) is 10.1 Å². The zero-order chi connectivity index (χ0) is 14.8. The molecule has 3 rings (SSSR count). The molecule has 1 aromatic heterocycles. The van der Waals surface area contributed by atoms with Crippen molar-refractivity contribution < 1.29 is 9.18 Å². The van der Waals surface area contributed by atoms with Crippen LogP contribution in [0.25, 0.3) is 10.9 Å². The molecule has 0 unspecified atom stereocenters. The topological polar surface area (TPSA) is 56.9 Å². The van der Waals surface area contributed by atoms with Gasteiger partial charge in [-0.25, -0.2) is 4.39 Å². The SMILES string of the molecule is O=C(NNc1ccc(F)cc1)c1cc2ccc(Cl)cc2[nH]1. The van der Waals surface area contributed by atoms with Gasteiger partial charge in [0.25, 0.3) is 5.91 Å². The third-order valence-electron chi connectivity index (χ3n) is 2.99. The van der Waals surface area contributed by atoms with E-state index < -0.39 is 0 Å². The van der Waals surface area contributed by atoms with Gasteiger partial charge >= 0.3 is 0 Å². The quantitative estimate of drug-likeness (QED) is 0.646. The Balaban J connectivity index is 1.73. The van der Waals surface area contributed by atoms with Crippen LogP contribution in [0.5, 0.6) is 0 Å². The molecule has 1 heterocycles. The fraction of sp³-hybridized carbons (Fsp3) is 0. The van der Waals surface area contributed by atoms with Crippen molar-refractivity contribution in [3.63, 3.8) is 0 Å². The number of aromatic nitrogens is 1. The molecule has 0 spiro atoms. The summed E-state index contributed by atoms with van der Waals surface area (Å²) in [5.74, 6) is -0.661. The number of fused-ring (bicyclic) bond motifs is 1. The Kier molecular flexibility index (Phi) is 3.50. The van der Waals surface area contributed by atoms with Crippen LogP contribution in [0, 0.1) is 5.82 Å². The summed E-state index contributed by atoms with van der Waals surface area (Å²) in [7, 11) is 0. The first-order chi connectivity index (χ1) is 10.1. The molecule has 0 bridgehead atoms. The first-order valence-electron chi connectivity index (χ1n) is 6.22. The van der Waals surface area contributed by atoms with E-state index in [9.17, 15) is 9.18 Å². The average Bonchev–Trinajstić information content (AvgIpc) is 2.89. The largest absolute Gasteiger partial charge is 0.350 e. The Morgan fingerprint density at radius 1 is 1.10 bits per heavy atom. The molecular weight excluding hydrogens is 293 g/mol. The minimum atomic E-state index is -0.334. The van der Waals surface area contributed by atoms with Gasteiger partial charge in [-0.2, -0.15) is 0 Å². The zero-order valence-electron chi connectivity index (χ0n) is 10.8. The van der Waals surface area contributed by atoms with E-state index in [1.54, 1.807) is 18.2 Å². The molecule has 21 heavy (non-hydrogen) atoms. The minimum Gasteiger partial charge on any atom is -0.350 e. The van der Waals surface area contributed by atoms with Crippen molar-refractivity contribution in [3.8, 4) is 0 Å². The van der Waals surface area contributed by atoms with Crippen LogP contribution in [0.3, 0.4) is 0 Å². The number of aromatic amines is 1. The summed E-state index contributed by atoms with van der Waals surface area (Å²) in [4.78, 5) is 15.0. The highest BCUT2D eigenvalue weighted by Gasteiger charge is 2.09. The average molecular weight is 304 g/mol. The maximum absolute atomic E-state index is 12.8. The Hall–Kier alpha value is -2.53. The Morgan fingerprint density at radius 2 is 1.86 bits per heavy atom. The molecular formula is C15H11ClFN3O. The van der Waals surface area contributed by atoms with E-state index in [1.807, 2.05) is 6.07 Å². The van der Waals surface area contributed by atoms with E-state index in [0.29, 0.717) is 16.4 Å². The number of hydrogen-bond acceptors (Lipinski definition) is 2. The van der Waals surface area contributed by atoms with E-state index in [2.05, 4.69) is 15.8 Å². The van der Waals surface area contributed by atoms with E-state index >= 15 is 0 Å². The number of anilines is 1. The number of rotatable bonds is 3. The van der Waals surface area contributed by atoms with Gasteiger partial charge in [0.15, 0.2) is 0 Å². The summed E-state index contributed by atoms with van der Waals surface area (Å²) in [5, 5.41) is 1.49. The van der Waals surface area contributed by atoms with Crippen molar-refractivity contribution >= 4 is 34.1 Å². The van der Waals surface area contributed by atoms with Gasteiger partial charge in [-0.05, 0) is 42.5 Å². The van der Waals surface area contributed by atoms with Crippen LogP contribution in [0.2, 0.25) is 5.02 Å². The molecule has 3 N–H and O–H groups in total. The fourth-order valence-corrected chi connectivity index (χ4v) is 2.12. The highest BCUT2D eigenvalue weighted by atomic mass is 35.5. The summed E-state index contributed by atoms with van der Waals surface area (Å²) >= 11 is 5.90. The third kappa shape index (κ3) is 2.98. The molecule has 0 aliphatic rings. The normalized spacial score (nSPS) is 10.6. The second-order valence-electron chi connectivity index (χ2n) is 4.50. The van der Waals surface area contributed by atoms with Crippen molar-refractivity contribution in [3.05, 3.63) is 65.1 Å². The summed E-state index contributed by atoms with van der Waals surface area (Å²) in [5.41, 5.74) is 7.03. The third-order valence-corrected chi connectivity index (χ3v) is 3.23.